The number of esters is 1. The van der Waals surface area contributed by atoms with Crippen molar-refractivity contribution in [2.45, 2.75) is 20.8 Å². The van der Waals surface area contributed by atoms with E-state index < -0.39 is 5.97 Å². The van der Waals surface area contributed by atoms with Crippen LogP contribution in [0.3, 0.4) is 0 Å². The van der Waals surface area contributed by atoms with Gasteiger partial charge in [-0.2, -0.15) is 0 Å². The number of ether oxygens (including phenoxy) is 1. The number of carbonyl (C=O) groups excluding carboxylic acids is 2. The van der Waals surface area contributed by atoms with Crippen molar-refractivity contribution in [3.63, 3.8) is 0 Å². The molecule has 1 aromatic carbocycles. The van der Waals surface area contributed by atoms with Crippen molar-refractivity contribution in [1.82, 2.24) is 0 Å². The smallest absolute Gasteiger partial charge is 0.331 e. The number of anilines is 1. The molecule has 0 aliphatic carbocycles. The molecule has 0 aliphatic rings. The number of nitrogens with one attached hydrogen (secondary N) is 1. The molecule has 1 amide bonds. The first-order chi connectivity index (χ1) is 8.49. The topological polar surface area (TPSA) is 55.4 Å². The molecule has 1 N–H and O–H groups in total. The summed E-state index contributed by atoms with van der Waals surface area (Å²) in [6.07, 6.45) is 1.35. The van der Waals surface area contributed by atoms with Gasteiger partial charge in [-0.3, -0.25) is 4.79 Å². The van der Waals surface area contributed by atoms with Crippen LogP contribution in [0.25, 0.3) is 0 Å². The zero-order valence-corrected chi connectivity index (χ0v) is 10.8. The van der Waals surface area contributed by atoms with E-state index in [2.05, 4.69) is 5.32 Å². The van der Waals surface area contributed by atoms with Gasteiger partial charge < -0.3 is 10.1 Å². The van der Waals surface area contributed by atoms with Crippen LogP contribution in [0.15, 0.2) is 35.9 Å². The third-order valence-corrected chi connectivity index (χ3v) is 2.17. The number of amides is 1. The van der Waals surface area contributed by atoms with Gasteiger partial charge in [0.05, 0.1) is 0 Å². The minimum Gasteiger partial charge on any atom is -0.452 e. The van der Waals surface area contributed by atoms with Crippen molar-refractivity contribution in [2.75, 3.05) is 11.9 Å². The van der Waals surface area contributed by atoms with E-state index in [1.54, 1.807) is 19.9 Å². The Hall–Kier alpha value is -2.10. The van der Waals surface area contributed by atoms with Crippen molar-refractivity contribution >= 4 is 17.6 Å². The number of rotatable bonds is 4. The van der Waals surface area contributed by atoms with Crippen LogP contribution in [0.2, 0.25) is 0 Å². The molecule has 1 rings (SSSR count). The van der Waals surface area contributed by atoms with Gasteiger partial charge in [0.25, 0.3) is 5.91 Å². The van der Waals surface area contributed by atoms with Gasteiger partial charge in [0.1, 0.15) is 0 Å². The summed E-state index contributed by atoms with van der Waals surface area (Å²) in [6.45, 7) is 5.19. The van der Waals surface area contributed by atoms with E-state index in [0.717, 1.165) is 16.8 Å². The highest BCUT2D eigenvalue weighted by atomic mass is 16.5. The molecule has 1 aromatic rings. The Labute approximate surface area is 107 Å². The molecule has 4 heteroatoms. The summed E-state index contributed by atoms with van der Waals surface area (Å²) in [5.41, 5.74) is 2.52. The van der Waals surface area contributed by atoms with Gasteiger partial charge in [-0.15, -0.1) is 0 Å². The highest BCUT2D eigenvalue weighted by molar-refractivity contribution is 5.94. The fourth-order valence-electron chi connectivity index (χ4n) is 1.31. The molecule has 96 valence electrons. The Balaban J connectivity index is 2.46. The Kier molecular flexibility index (Phi) is 5.11. The van der Waals surface area contributed by atoms with Crippen molar-refractivity contribution in [3.05, 3.63) is 41.5 Å². The fraction of sp³-hybridized carbons (Fsp3) is 0.286. The molecular weight excluding hydrogens is 230 g/mol. The van der Waals surface area contributed by atoms with Gasteiger partial charge in [0.15, 0.2) is 6.61 Å². The number of hydrogen-bond donors (Lipinski definition) is 1. The van der Waals surface area contributed by atoms with Gasteiger partial charge in [-0.05, 0) is 32.4 Å². The lowest BCUT2D eigenvalue weighted by molar-refractivity contribution is -0.142. The van der Waals surface area contributed by atoms with Crippen LogP contribution in [0.4, 0.5) is 5.69 Å². The molecule has 0 spiro atoms. The lowest BCUT2D eigenvalue weighted by atomic mass is 10.2. The van der Waals surface area contributed by atoms with Gasteiger partial charge in [-0.1, -0.05) is 23.8 Å². The first kappa shape index (κ1) is 14.0. The Morgan fingerprint density at radius 2 is 1.94 bits per heavy atom. The van der Waals surface area contributed by atoms with E-state index in [1.807, 2.05) is 25.1 Å². The number of aryl methyl sites for hydroxylation is 1. The van der Waals surface area contributed by atoms with Crippen LogP contribution in [0, 0.1) is 6.92 Å². The number of benzene rings is 1. The standard InChI is InChI=1S/C14H17NO3/c1-10(2)8-14(17)18-9-13(16)15-12-7-5-4-6-11(12)3/h4-8H,9H2,1-3H3,(H,15,16). The van der Waals surface area contributed by atoms with Gasteiger partial charge >= 0.3 is 5.97 Å². The average molecular weight is 247 g/mol. The number of hydrogen-bond acceptors (Lipinski definition) is 3. The Morgan fingerprint density at radius 3 is 2.56 bits per heavy atom. The second-order valence-electron chi connectivity index (χ2n) is 4.19. The normalized spacial score (nSPS) is 9.50. The van der Waals surface area contributed by atoms with Crippen LogP contribution in [0.5, 0.6) is 0 Å². The Morgan fingerprint density at radius 1 is 1.28 bits per heavy atom. The third kappa shape index (κ3) is 4.82. The van der Waals surface area contributed by atoms with Gasteiger partial charge in [0, 0.05) is 11.8 Å². The SMILES string of the molecule is CC(C)=CC(=O)OCC(=O)Nc1ccccc1C. The summed E-state index contributed by atoms with van der Waals surface area (Å²) in [7, 11) is 0. The molecule has 0 saturated heterocycles. The lowest BCUT2D eigenvalue weighted by Gasteiger charge is -2.07. The fourth-order valence-corrected chi connectivity index (χ4v) is 1.31. The van der Waals surface area contributed by atoms with Crippen LogP contribution >= 0.6 is 0 Å². The molecule has 4 nitrogen and oxygen atoms in total. The highest BCUT2D eigenvalue weighted by Crippen LogP contribution is 2.12. The predicted molar refractivity (Wildman–Crippen MR) is 70.2 cm³/mol. The zero-order valence-electron chi connectivity index (χ0n) is 10.8. The molecule has 0 bridgehead atoms. The summed E-state index contributed by atoms with van der Waals surface area (Å²) in [4.78, 5) is 22.7. The number of allylic oxidation sites excluding steroid dienone is 1. The molecule has 18 heavy (non-hydrogen) atoms. The van der Waals surface area contributed by atoms with E-state index in [1.165, 1.54) is 6.08 Å². The zero-order chi connectivity index (χ0) is 13.5. The van der Waals surface area contributed by atoms with E-state index >= 15 is 0 Å². The lowest BCUT2D eigenvalue weighted by Crippen LogP contribution is -2.20. The van der Waals surface area contributed by atoms with Crippen molar-refractivity contribution in [1.29, 1.82) is 0 Å². The average Bonchev–Trinajstić information content (AvgIpc) is 2.29. The quantitative estimate of drug-likeness (QED) is 0.656. The first-order valence-electron chi connectivity index (χ1n) is 5.66. The minimum absolute atomic E-state index is 0.281. The highest BCUT2D eigenvalue weighted by Gasteiger charge is 2.06. The molecule has 0 heterocycles. The molecule has 0 fully saturated rings. The number of para-hydroxylation sites is 1. The summed E-state index contributed by atoms with van der Waals surface area (Å²) in [5, 5.41) is 2.68. The summed E-state index contributed by atoms with van der Waals surface area (Å²) >= 11 is 0. The second-order valence-corrected chi connectivity index (χ2v) is 4.19. The van der Waals surface area contributed by atoms with Gasteiger partial charge in [-0.25, -0.2) is 4.79 Å². The molecule has 0 saturated carbocycles. The minimum atomic E-state index is -0.505. The maximum atomic E-state index is 11.5. The monoisotopic (exact) mass is 247 g/mol. The molecule has 0 atom stereocenters. The van der Waals surface area contributed by atoms with E-state index in [0.29, 0.717) is 0 Å². The molecule has 0 aliphatic heterocycles. The first-order valence-corrected chi connectivity index (χ1v) is 5.66. The molecular formula is C14H17NO3. The number of carbonyl (C=O) groups is 2. The van der Waals surface area contributed by atoms with Crippen molar-refractivity contribution < 1.29 is 14.3 Å². The van der Waals surface area contributed by atoms with Crippen molar-refractivity contribution in [2.24, 2.45) is 0 Å². The second kappa shape index (κ2) is 6.59. The van der Waals surface area contributed by atoms with E-state index in [9.17, 15) is 9.59 Å². The summed E-state index contributed by atoms with van der Waals surface area (Å²) in [6, 6.07) is 7.41. The molecule has 0 unspecified atom stereocenters. The van der Waals surface area contributed by atoms with Crippen LogP contribution < -0.4 is 5.32 Å². The maximum absolute atomic E-state index is 11.5. The van der Waals surface area contributed by atoms with E-state index in [4.69, 9.17) is 4.74 Å². The predicted octanol–water partition coefficient (Wildman–Crippen LogP) is 2.44. The van der Waals surface area contributed by atoms with Crippen LogP contribution in [-0.4, -0.2) is 18.5 Å². The van der Waals surface area contributed by atoms with Crippen LogP contribution in [0.1, 0.15) is 19.4 Å². The maximum Gasteiger partial charge on any atom is 0.331 e. The summed E-state index contributed by atoms with van der Waals surface area (Å²) in [5.74, 6) is -0.852. The van der Waals surface area contributed by atoms with E-state index in [-0.39, 0.29) is 12.5 Å². The van der Waals surface area contributed by atoms with Crippen molar-refractivity contribution in [3.8, 4) is 0 Å². The molecule has 0 aromatic heterocycles. The van der Waals surface area contributed by atoms with Crippen LogP contribution in [-0.2, 0) is 14.3 Å². The summed E-state index contributed by atoms with van der Waals surface area (Å²) < 4.78 is 4.80. The third-order valence-electron chi connectivity index (χ3n) is 2.17. The largest absolute Gasteiger partial charge is 0.452 e. The van der Waals surface area contributed by atoms with Gasteiger partial charge in [0.2, 0.25) is 0 Å². The molecule has 0 radical (unpaired) electrons. The Bertz CT molecular complexity index is 474.